The van der Waals surface area contributed by atoms with E-state index in [9.17, 15) is 19.2 Å². The molecule has 2 amide bonds. The van der Waals surface area contributed by atoms with Crippen LogP contribution in [0, 0.1) is 17.3 Å². The first-order valence-corrected chi connectivity index (χ1v) is 14.6. The van der Waals surface area contributed by atoms with E-state index in [-0.39, 0.29) is 36.5 Å². The Kier molecular flexibility index (Phi) is 9.78. The minimum Gasteiger partial charge on any atom is -0.455 e. The van der Waals surface area contributed by atoms with Crippen LogP contribution in [0.2, 0.25) is 0 Å². The molecule has 0 saturated carbocycles. The Morgan fingerprint density at radius 3 is 2.60 bits per heavy atom. The Balaban J connectivity index is 1.74. The van der Waals surface area contributed by atoms with Gasteiger partial charge in [0.1, 0.15) is 24.0 Å². The molecule has 2 aliphatic heterocycles. The SMILES string of the molecule is COC[C@@]1(C)/C=C/c2ccc3ccc(nc3c2)[C@@H](C)OC(=O)[C@@H]2CCCN(N2)C(=O)[C@H](C)NC(=O)[C@H](C(C)C)CC1=O. The molecule has 0 unspecified atom stereocenters. The summed E-state index contributed by atoms with van der Waals surface area (Å²) in [5.41, 5.74) is 4.17. The van der Waals surface area contributed by atoms with Gasteiger partial charge in [-0.15, -0.1) is 0 Å². The van der Waals surface area contributed by atoms with Crippen molar-refractivity contribution in [2.75, 3.05) is 20.3 Å². The summed E-state index contributed by atoms with van der Waals surface area (Å²) >= 11 is 0. The molecule has 42 heavy (non-hydrogen) atoms. The lowest BCUT2D eigenvalue weighted by atomic mass is 9.78. The first-order valence-electron chi connectivity index (χ1n) is 14.6. The van der Waals surface area contributed by atoms with E-state index in [1.807, 2.05) is 56.3 Å². The number of ether oxygens (including phenoxy) is 2. The van der Waals surface area contributed by atoms with Gasteiger partial charge in [0, 0.05) is 31.4 Å². The van der Waals surface area contributed by atoms with E-state index in [0.29, 0.717) is 25.1 Å². The van der Waals surface area contributed by atoms with Gasteiger partial charge in [-0.1, -0.05) is 44.2 Å². The van der Waals surface area contributed by atoms with Crippen molar-refractivity contribution in [2.24, 2.45) is 17.3 Å². The minimum atomic E-state index is -0.984. The molecule has 10 nitrogen and oxygen atoms in total. The highest BCUT2D eigenvalue weighted by Gasteiger charge is 2.37. The number of hydrogen-bond donors (Lipinski definition) is 2. The molecule has 226 valence electrons. The number of ketones is 1. The Hall–Kier alpha value is -3.63. The Labute approximate surface area is 247 Å². The van der Waals surface area contributed by atoms with Crippen molar-refractivity contribution in [2.45, 2.75) is 72.1 Å². The zero-order chi connectivity index (χ0) is 30.6. The summed E-state index contributed by atoms with van der Waals surface area (Å²) < 4.78 is 11.2. The molecule has 5 atom stereocenters. The number of nitrogens with zero attached hydrogens (tertiary/aromatic N) is 2. The number of Topliss-reactive ketones (excluding diaryl/α,β-unsaturated/α-hetero) is 1. The number of methoxy groups -OCH3 is 1. The third-order valence-electron chi connectivity index (χ3n) is 8.18. The lowest BCUT2D eigenvalue weighted by molar-refractivity contribution is -0.157. The smallest absolute Gasteiger partial charge is 0.325 e. The zero-order valence-electron chi connectivity index (χ0n) is 25.3. The van der Waals surface area contributed by atoms with Crippen molar-refractivity contribution in [3.63, 3.8) is 0 Å². The zero-order valence-corrected chi connectivity index (χ0v) is 25.3. The molecule has 4 rings (SSSR count). The summed E-state index contributed by atoms with van der Waals surface area (Å²) in [5.74, 6) is -2.14. The predicted molar refractivity (Wildman–Crippen MR) is 159 cm³/mol. The predicted octanol–water partition coefficient (Wildman–Crippen LogP) is 3.75. The molecule has 1 aromatic heterocycles. The molecule has 2 aliphatic rings. The van der Waals surface area contributed by atoms with Gasteiger partial charge in [0.2, 0.25) is 5.91 Å². The topological polar surface area (TPSA) is 127 Å². The summed E-state index contributed by atoms with van der Waals surface area (Å²) in [4.78, 5) is 58.2. The summed E-state index contributed by atoms with van der Waals surface area (Å²) in [7, 11) is 1.54. The van der Waals surface area contributed by atoms with Crippen LogP contribution in [0.4, 0.5) is 0 Å². The normalized spacial score (nSPS) is 29.0. The monoisotopic (exact) mass is 578 g/mol. The van der Waals surface area contributed by atoms with E-state index < -0.39 is 35.5 Å². The molecule has 0 spiro atoms. The van der Waals surface area contributed by atoms with Crippen LogP contribution >= 0.6 is 0 Å². The maximum absolute atomic E-state index is 13.7. The molecule has 0 aliphatic carbocycles. The number of esters is 1. The van der Waals surface area contributed by atoms with Gasteiger partial charge in [-0.2, -0.15) is 0 Å². The maximum Gasteiger partial charge on any atom is 0.325 e. The number of carbonyl (C=O) groups excluding carboxylic acids is 4. The van der Waals surface area contributed by atoms with Gasteiger partial charge in [-0.05, 0) is 57.2 Å². The van der Waals surface area contributed by atoms with Gasteiger partial charge in [-0.3, -0.25) is 24.2 Å². The Bertz CT molecular complexity index is 1370. The highest BCUT2D eigenvalue weighted by molar-refractivity contribution is 5.94. The number of rotatable bonds is 3. The third kappa shape index (κ3) is 7.04. The number of fused-ring (bicyclic) bond motifs is 4. The second-order valence-electron chi connectivity index (χ2n) is 12.0. The second kappa shape index (κ2) is 13.1. The number of cyclic esters (lactones) is 1. The number of carbonyl (C=O) groups is 4. The summed E-state index contributed by atoms with van der Waals surface area (Å²) in [6.45, 7) is 9.47. The van der Waals surface area contributed by atoms with E-state index in [0.717, 1.165) is 16.5 Å². The number of hydrogen-bond acceptors (Lipinski definition) is 8. The number of nitrogens with one attached hydrogen (secondary N) is 2. The molecule has 3 heterocycles. The summed E-state index contributed by atoms with van der Waals surface area (Å²) in [5, 5.41) is 5.10. The van der Waals surface area contributed by atoms with Gasteiger partial charge in [-0.25, -0.2) is 10.4 Å². The highest BCUT2D eigenvalue weighted by Crippen LogP contribution is 2.29. The number of benzene rings is 1. The first kappa shape index (κ1) is 31.3. The average molecular weight is 579 g/mol. The number of amides is 2. The van der Waals surface area contributed by atoms with Gasteiger partial charge in [0.05, 0.1) is 23.2 Å². The quantitative estimate of drug-likeness (QED) is 0.528. The Morgan fingerprint density at radius 1 is 1.14 bits per heavy atom. The van der Waals surface area contributed by atoms with Gasteiger partial charge < -0.3 is 14.8 Å². The molecule has 5 bridgehead atoms. The number of aromatic nitrogens is 1. The van der Waals surface area contributed by atoms with Crippen LogP contribution in [-0.4, -0.2) is 65.9 Å². The number of hydrazine groups is 1. The second-order valence-corrected chi connectivity index (χ2v) is 12.0. The van der Waals surface area contributed by atoms with E-state index >= 15 is 0 Å². The fraction of sp³-hybridized carbons (Fsp3) is 0.531. The van der Waals surface area contributed by atoms with Crippen LogP contribution in [0.5, 0.6) is 0 Å². The van der Waals surface area contributed by atoms with Crippen LogP contribution < -0.4 is 10.7 Å². The molecule has 1 aromatic carbocycles. The van der Waals surface area contributed by atoms with Crippen LogP contribution in [-0.2, 0) is 28.7 Å². The van der Waals surface area contributed by atoms with Crippen LogP contribution in [0.3, 0.4) is 0 Å². The maximum atomic E-state index is 13.7. The van der Waals surface area contributed by atoms with Crippen molar-refractivity contribution >= 4 is 40.5 Å². The van der Waals surface area contributed by atoms with Crippen LogP contribution in [0.1, 0.15) is 71.2 Å². The fourth-order valence-electron chi connectivity index (χ4n) is 5.39. The van der Waals surface area contributed by atoms with E-state index in [1.54, 1.807) is 27.9 Å². The molecule has 1 fully saturated rings. The first-order chi connectivity index (χ1) is 19.9. The third-order valence-corrected chi connectivity index (χ3v) is 8.18. The summed E-state index contributed by atoms with van der Waals surface area (Å²) in [6.07, 6.45) is 4.16. The minimum absolute atomic E-state index is 0.00891. The fourth-order valence-corrected chi connectivity index (χ4v) is 5.39. The molecule has 0 radical (unpaired) electrons. The van der Waals surface area contributed by atoms with Crippen molar-refractivity contribution < 1.29 is 28.7 Å². The van der Waals surface area contributed by atoms with Crippen molar-refractivity contribution in [1.82, 2.24) is 20.7 Å². The van der Waals surface area contributed by atoms with Gasteiger partial charge in [0.25, 0.3) is 5.91 Å². The van der Waals surface area contributed by atoms with Crippen molar-refractivity contribution in [3.05, 3.63) is 47.7 Å². The lowest BCUT2D eigenvalue weighted by Crippen LogP contribution is -2.59. The van der Waals surface area contributed by atoms with Crippen molar-refractivity contribution in [3.8, 4) is 0 Å². The van der Waals surface area contributed by atoms with E-state index in [2.05, 4.69) is 10.7 Å². The number of pyridine rings is 1. The van der Waals surface area contributed by atoms with Gasteiger partial charge >= 0.3 is 5.97 Å². The largest absolute Gasteiger partial charge is 0.455 e. The molecule has 1 saturated heterocycles. The molecular weight excluding hydrogens is 536 g/mol. The molecular formula is C32H42N4O6. The highest BCUT2D eigenvalue weighted by atomic mass is 16.5. The molecule has 2 aromatic rings. The Morgan fingerprint density at radius 2 is 1.88 bits per heavy atom. The van der Waals surface area contributed by atoms with Gasteiger partial charge in [0.15, 0.2) is 0 Å². The standard InChI is InChI=1S/C32H42N4O6/c1-19(2)24-17-28(37)32(5,18-41-6)14-13-22-9-10-23-11-12-25(34-27(23)16-22)21(4)42-31(40)26-8-7-15-36(35-26)30(39)20(3)33-29(24)38/h9-14,16,19-21,24,26,35H,7-8,15,17-18H2,1-6H3,(H,33,38)/b14-13+/t20-,21+,24-,26-,32+/m0/s1. The average Bonchev–Trinajstić information content (AvgIpc) is 2.97. The molecule has 10 heteroatoms. The molecule has 2 N–H and O–H groups in total. The van der Waals surface area contributed by atoms with E-state index in [4.69, 9.17) is 14.5 Å². The van der Waals surface area contributed by atoms with Crippen LogP contribution in [0.15, 0.2) is 36.4 Å². The van der Waals surface area contributed by atoms with E-state index in [1.165, 1.54) is 5.01 Å². The lowest BCUT2D eigenvalue weighted by Gasteiger charge is -2.35. The van der Waals surface area contributed by atoms with Crippen LogP contribution in [0.25, 0.3) is 17.0 Å². The summed E-state index contributed by atoms with van der Waals surface area (Å²) in [6, 6.07) is 8.00. The van der Waals surface area contributed by atoms with Crippen molar-refractivity contribution in [1.29, 1.82) is 0 Å².